The summed E-state index contributed by atoms with van der Waals surface area (Å²) in [7, 11) is 0. The highest BCUT2D eigenvalue weighted by Crippen LogP contribution is 2.18. The molecule has 0 spiro atoms. The lowest BCUT2D eigenvalue weighted by atomic mass is 9.92. The number of nitrogens with one attached hydrogen (secondary N) is 1. The summed E-state index contributed by atoms with van der Waals surface area (Å²) in [5.74, 6) is -0.199. The number of ether oxygens (including phenoxy) is 1. The third-order valence-corrected chi connectivity index (χ3v) is 3.89. The zero-order valence-electron chi connectivity index (χ0n) is 14.4. The number of hydrogen-bond donors (Lipinski definition) is 2. The molecule has 4 nitrogen and oxygen atoms in total. The Hall–Kier alpha value is -2.11. The van der Waals surface area contributed by atoms with Gasteiger partial charge in [0.1, 0.15) is 23.2 Å². The van der Waals surface area contributed by atoms with Gasteiger partial charge in [0, 0.05) is 6.07 Å². The summed E-state index contributed by atoms with van der Waals surface area (Å²) in [5, 5.41) is 2.82. The molecule has 25 heavy (non-hydrogen) atoms. The van der Waals surface area contributed by atoms with E-state index in [4.69, 9.17) is 10.5 Å². The molecule has 2 atom stereocenters. The molecule has 136 valence electrons. The second-order valence-corrected chi connectivity index (χ2v) is 5.88. The first-order chi connectivity index (χ1) is 11.4. The summed E-state index contributed by atoms with van der Waals surface area (Å²) in [5.41, 5.74) is 5.79. The molecule has 2 aromatic carbocycles. The molecule has 3 N–H and O–H groups in total. The SMILES string of the molecule is CCC(CNC(=O)C(C)(N)c1ccccc1)Oc1cccc(F)c1.Cl. The second kappa shape index (κ2) is 9.39. The van der Waals surface area contributed by atoms with E-state index in [0.29, 0.717) is 18.7 Å². The number of amides is 1. The molecule has 0 saturated heterocycles. The summed E-state index contributed by atoms with van der Waals surface area (Å²) in [6.07, 6.45) is 0.408. The Bertz CT molecular complexity index is 680. The van der Waals surface area contributed by atoms with E-state index in [1.54, 1.807) is 19.1 Å². The van der Waals surface area contributed by atoms with Crippen LogP contribution in [0.4, 0.5) is 4.39 Å². The average molecular weight is 367 g/mol. The van der Waals surface area contributed by atoms with Crippen molar-refractivity contribution in [2.45, 2.75) is 31.9 Å². The largest absolute Gasteiger partial charge is 0.489 e. The molecule has 0 saturated carbocycles. The minimum Gasteiger partial charge on any atom is -0.489 e. The van der Waals surface area contributed by atoms with E-state index in [-0.39, 0.29) is 30.2 Å². The molecule has 0 bridgehead atoms. The van der Waals surface area contributed by atoms with Crippen LogP contribution >= 0.6 is 12.4 Å². The third-order valence-electron chi connectivity index (χ3n) is 3.89. The molecule has 0 aliphatic carbocycles. The lowest BCUT2D eigenvalue weighted by molar-refractivity contribution is -0.126. The quantitative estimate of drug-likeness (QED) is 0.789. The van der Waals surface area contributed by atoms with Crippen LogP contribution in [0.25, 0.3) is 0 Å². The molecule has 1 amide bonds. The fourth-order valence-corrected chi connectivity index (χ4v) is 2.31. The molecule has 0 aliphatic rings. The predicted octanol–water partition coefficient (Wildman–Crippen LogP) is 3.40. The van der Waals surface area contributed by atoms with Crippen molar-refractivity contribution in [3.63, 3.8) is 0 Å². The van der Waals surface area contributed by atoms with Gasteiger partial charge in [-0.2, -0.15) is 0 Å². The molecule has 2 rings (SSSR count). The van der Waals surface area contributed by atoms with Gasteiger partial charge in [-0.3, -0.25) is 4.79 Å². The van der Waals surface area contributed by atoms with Gasteiger partial charge < -0.3 is 15.8 Å². The van der Waals surface area contributed by atoms with Gasteiger partial charge in [0.2, 0.25) is 5.91 Å². The molecular weight excluding hydrogens is 343 g/mol. The van der Waals surface area contributed by atoms with Crippen LogP contribution in [0.5, 0.6) is 5.75 Å². The van der Waals surface area contributed by atoms with Gasteiger partial charge in [0.05, 0.1) is 6.54 Å². The summed E-state index contributed by atoms with van der Waals surface area (Å²) in [6, 6.07) is 15.1. The van der Waals surface area contributed by atoms with E-state index >= 15 is 0 Å². The number of nitrogens with two attached hydrogens (primary N) is 1. The normalized spacial score (nSPS) is 13.9. The van der Waals surface area contributed by atoms with Crippen LogP contribution in [0.2, 0.25) is 0 Å². The average Bonchev–Trinajstić information content (AvgIpc) is 2.59. The van der Waals surface area contributed by atoms with Gasteiger partial charge >= 0.3 is 0 Å². The first-order valence-electron chi connectivity index (χ1n) is 7.98. The first kappa shape index (κ1) is 20.9. The highest BCUT2D eigenvalue weighted by atomic mass is 35.5. The Morgan fingerprint density at radius 2 is 1.92 bits per heavy atom. The predicted molar refractivity (Wildman–Crippen MR) is 99.3 cm³/mol. The van der Waals surface area contributed by atoms with Crippen LogP contribution in [-0.4, -0.2) is 18.6 Å². The van der Waals surface area contributed by atoms with Gasteiger partial charge in [0.25, 0.3) is 0 Å². The van der Waals surface area contributed by atoms with Gasteiger partial charge in [-0.25, -0.2) is 4.39 Å². The summed E-state index contributed by atoms with van der Waals surface area (Å²) in [6.45, 7) is 3.91. The number of halogens is 2. The Balaban J connectivity index is 0.00000312. The van der Waals surface area contributed by atoms with Crippen LogP contribution in [0, 0.1) is 5.82 Å². The Morgan fingerprint density at radius 3 is 2.52 bits per heavy atom. The molecule has 0 aliphatic heterocycles. The van der Waals surface area contributed by atoms with Crippen molar-refractivity contribution >= 4 is 18.3 Å². The van der Waals surface area contributed by atoms with Crippen molar-refractivity contribution in [2.24, 2.45) is 5.73 Å². The Morgan fingerprint density at radius 1 is 1.24 bits per heavy atom. The standard InChI is InChI=1S/C19H23FN2O2.ClH/c1-3-16(24-17-11-7-10-15(20)12-17)13-22-18(23)19(2,21)14-8-5-4-6-9-14;/h4-12,16H,3,13,21H2,1-2H3,(H,22,23);1H. The fourth-order valence-electron chi connectivity index (χ4n) is 2.31. The Labute approximate surface area is 154 Å². The maximum atomic E-state index is 13.2. The number of benzene rings is 2. The summed E-state index contributed by atoms with van der Waals surface area (Å²) < 4.78 is 18.9. The number of hydrogen-bond acceptors (Lipinski definition) is 3. The maximum absolute atomic E-state index is 13.2. The number of carbonyl (C=O) groups excluding carboxylic acids is 1. The highest BCUT2D eigenvalue weighted by molar-refractivity contribution is 5.87. The number of rotatable bonds is 7. The molecule has 0 heterocycles. The first-order valence-corrected chi connectivity index (χ1v) is 7.98. The number of carbonyl (C=O) groups is 1. The van der Waals surface area contributed by atoms with Crippen LogP contribution in [0.15, 0.2) is 54.6 Å². The highest BCUT2D eigenvalue weighted by Gasteiger charge is 2.30. The van der Waals surface area contributed by atoms with E-state index in [1.807, 2.05) is 37.3 Å². The van der Waals surface area contributed by atoms with Crippen LogP contribution in [-0.2, 0) is 10.3 Å². The molecule has 2 aromatic rings. The van der Waals surface area contributed by atoms with E-state index in [1.165, 1.54) is 12.1 Å². The lowest BCUT2D eigenvalue weighted by Crippen LogP contribution is -2.51. The van der Waals surface area contributed by atoms with Crippen molar-refractivity contribution in [2.75, 3.05) is 6.54 Å². The van der Waals surface area contributed by atoms with Crippen molar-refractivity contribution in [3.05, 3.63) is 66.0 Å². The Kier molecular flexibility index (Phi) is 7.87. The third kappa shape index (κ3) is 5.73. The van der Waals surface area contributed by atoms with Crippen LogP contribution < -0.4 is 15.8 Å². The minimum atomic E-state index is -1.13. The fraction of sp³-hybridized carbons (Fsp3) is 0.316. The molecule has 0 radical (unpaired) electrons. The molecule has 2 unspecified atom stereocenters. The zero-order valence-corrected chi connectivity index (χ0v) is 15.2. The lowest BCUT2D eigenvalue weighted by Gasteiger charge is -2.26. The van der Waals surface area contributed by atoms with Crippen LogP contribution in [0.1, 0.15) is 25.8 Å². The molecule has 6 heteroatoms. The van der Waals surface area contributed by atoms with E-state index < -0.39 is 5.54 Å². The molecule has 0 fully saturated rings. The van der Waals surface area contributed by atoms with Crippen molar-refractivity contribution < 1.29 is 13.9 Å². The molecule has 0 aromatic heterocycles. The van der Waals surface area contributed by atoms with E-state index in [9.17, 15) is 9.18 Å². The van der Waals surface area contributed by atoms with E-state index in [2.05, 4.69) is 5.32 Å². The van der Waals surface area contributed by atoms with Gasteiger partial charge in [-0.1, -0.05) is 43.3 Å². The maximum Gasteiger partial charge on any atom is 0.244 e. The second-order valence-electron chi connectivity index (χ2n) is 5.88. The van der Waals surface area contributed by atoms with Gasteiger partial charge in [-0.05, 0) is 31.0 Å². The summed E-state index contributed by atoms with van der Waals surface area (Å²) >= 11 is 0. The van der Waals surface area contributed by atoms with Crippen molar-refractivity contribution in [1.82, 2.24) is 5.32 Å². The molecular formula is C19H24ClFN2O2. The van der Waals surface area contributed by atoms with Crippen molar-refractivity contribution in [3.8, 4) is 5.75 Å². The minimum absolute atomic E-state index is 0. The zero-order chi connectivity index (χ0) is 17.6. The monoisotopic (exact) mass is 366 g/mol. The summed E-state index contributed by atoms with van der Waals surface area (Å²) in [4.78, 5) is 12.4. The van der Waals surface area contributed by atoms with E-state index in [0.717, 1.165) is 5.56 Å². The van der Waals surface area contributed by atoms with Gasteiger partial charge in [-0.15, -0.1) is 12.4 Å². The van der Waals surface area contributed by atoms with Crippen LogP contribution in [0.3, 0.4) is 0 Å². The topological polar surface area (TPSA) is 64.4 Å². The van der Waals surface area contributed by atoms with Crippen molar-refractivity contribution in [1.29, 1.82) is 0 Å². The smallest absolute Gasteiger partial charge is 0.244 e. The van der Waals surface area contributed by atoms with Gasteiger partial charge in [0.15, 0.2) is 0 Å².